The van der Waals surface area contributed by atoms with Crippen LogP contribution in [-0.4, -0.2) is 54.7 Å². The van der Waals surface area contributed by atoms with Crippen LogP contribution in [0.3, 0.4) is 0 Å². The van der Waals surface area contributed by atoms with Gasteiger partial charge >= 0.3 is 0 Å². The predicted octanol–water partition coefficient (Wildman–Crippen LogP) is 2.07. The summed E-state index contributed by atoms with van der Waals surface area (Å²) in [5, 5.41) is 0. The van der Waals surface area contributed by atoms with E-state index in [1.54, 1.807) is 12.3 Å². The van der Waals surface area contributed by atoms with Crippen molar-refractivity contribution in [2.75, 3.05) is 37.7 Å². The molecular weight excluding hydrogens is 297 g/mol. The van der Waals surface area contributed by atoms with Gasteiger partial charge in [-0.25, -0.2) is 9.37 Å². The summed E-state index contributed by atoms with van der Waals surface area (Å²) in [6.07, 6.45) is 4.37. The first kappa shape index (κ1) is 16.2. The van der Waals surface area contributed by atoms with Crippen molar-refractivity contribution in [2.45, 2.75) is 32.3 Å². The van der Waals surface area contributed by atoms with Crippen LogP contribution in [0.5, 0.6) is 0 Å². The number of carbonyl (C=O) groups is 1. The highest BCUT2D eigenvalue weighted by molar-refractivity contribution is 5.79. The van der Waals surface area contributed by atoms with Crippen molar-refractivity contribution in [1.29, 1.82) is 0 Å². The zero-order valence-corrected chi connectivity index (χ0v) is 13.6. The molecule has 3 rings (SSSR count). The predicted molar refractivity (Wildman–Crippen MR) is 85.7 cm³/mol. The number of ether oxygens (including phenoxy) is 1. The van der Waals surface area contributed by atoms with E-state index in [4.69, 9.17) is 4.74 Å². The molecule has 126 valence electrons. The van der Waals surface area contributed by atoms with Gasteiger partial charge in [0.2, 0.25) is 5.91 Å². The fourth-order valence-electron chi connectivity index (χ4n) is 3.51. The molecule has 0 saturated carbocycles. The molecule has 0 radical (unpaired) electrons. The molecule has 1 amide bonds. The summed E-state index contributed by atoms with van der Waals surface area (Å²) in [5.74, 6) is 0.246. The summed E-state index contributed by atoms with van der Waals surface area (Å²) in [7, 11) is 0. The molecule has 0 N–H and O–H groups in total. The van der Waals surface area contributed by atoms with Gasteiger partial charge in [-0.2, -0.15) is 0 Å². The van der Waals surface area contributed by atoms with Crippen molar-refractivity contribution in [3.63, 3.8) is 0 Å². The molecule has 0 bridgehead atoms. The van der Waals surface area contributed by atoms with Crippen molar-refractivity contribution >= 4 is 11.7 Å². The summed E-state index contributed by atoms with van der Waals surface area (Å²) in [6.45, 7) is 5.28. The average molecular weight is 321 g/mol. The Morgan fingerprint density at radius 2 is 2.17 bits per heavy atom. The molecule has 6 heteroatoms. The van der Waals surface area contributed by atoms with Crippen LogP contribution in [0.25, 0.3) is 0 Å². The SMILES string of the molecule is CCC1OCCCC1C(=O)N1CCN(c2ncccc2F)CC1. The summed E-state index contributed by atoms with van der Waals surface area (Å²) in [5.41, 5.74) is 0. The molecule has 23 heavy (non-hydrogen) atoms. The van der Waals surface area contributed by atoms with Crippen LogP contribution in [-0.2, 0) is 9.53 Å². The van der Waals surface area contributed by atoms with E-state index in [2.05, 4.69) is 11.9 Å². The summed E-state index contributed by atoms with van der Waals surface area (Å²) >= 11 is 0. The summed E-state index contributed by atoms with van der Waals surface area (Å²) in [6, 6.07) is 3.01. The zero-order valence-electron chi connectivity index (χ0n) is 13.6. The van der Waals surface area contributed by atoms with Gasteiger partial charge in [-0.3, -0.25) is 4.79 Å². The van der Waals surface area contributed by atoms with Crippen molar-refractivity contribution in [1.82, 2.24) is 9.88 Å². The molecule has 2 aliphatic rings. The topological polar surface area (TPSA) is 45.7 Å². The molecule has 2 unspecified atom stereocenters. The van der Waals surface area contributed by atoms with Crippen molar-refractivity contribution in [2.24, 2.45) is 5.92 Å². The van der Waals surface area contributed by atoms with E-state index >= 15 is 0 Å². The van der Waals surface area contributed by atoms with Gasteiger partial charge in [-0.15, -0.1) is 0 Å². The molecule has 0 aliphatic carbocycles. The Bertz CT molecular complexity index is 546. The lowest BCUT2D eigenvalue weighted by Gasteiger charge is -2.39. The molecule has 1 aromatic heterocycles. The smallest absolute Gasteiger partial charge is 0.228 e. The van der Waals surface area contributed by atoms with Gasteiger partial charge in [0, 0.05) is 39.0 Å². The van der Waals surface area contributed by atoms with Gasteiger partial charge in [-0.1, -0.05) is 6.92 Å². The Hall–Kier alpha value is -1.69. The van der Waals surface area contributed by atoms with Crippen LogP contribution in [0, 0.1) is 11.7 Å². The number of anilines is 1. The van der Waals surface area contributed by atoms with Crippen molar-refractivity contribution in [3.8, 4) is 0 Å². The third-order valence-corrected chi connectivity index (χ3v) is 4.79. The third-order valence-electron chi connectivity index (χ3n) is 4.79. The minimum atomic E-state index is -0.306. The largest absolute Gasteiger partial charge is 0.377 e. The second-order valence-electron chi connectivity index (χ2n) is 6.19. The van der Waals surface area contributed by atoms with Gasteiger partial charge in [0.25, 0.3) is 0 Å². The molecular formula is C17H24FN3O2. The molecule has 5 nitrogen and oxygen atoms in total. The first-order chi connectivity index (χ1) is 11.2. The fourth-order valence-corrected chi connectivity index (χ4v) is 3.51. The molecule has 1 aromatic rings. The molecule has 3 heterocycles. The molecule has 0 spiro atoms. The van der Waals surface area contributed by atoms with Crippen LogP contribution in [0.4, 0.5) is 10.2 Å². The Kier molecular flexibility index (Phi) is 5.10. The van der Waals surface area contributed by atoms with Crippen molar-refractivity contribution < 1.29 is 13.9 Å². The van der Waals surface area contributed by atoms with E-state index in [9.17, 15) is 9.18 Å². The summed E-state index contributed by atoms with van der Waals surface area (Å²) in [4.78, 5) is 20.7. The third kappa shape index (κ3) is 3.47. The lowest BCUT2D eigenvalue weighted by Crippen LogP contribution is -2.53. The first-order valence-electron chi connectivity index (χ1n) is 8.46. The standard InChI is InChI=1S/C17H24FN3O2/c1-2-15-13(5-4-12-23-15)17(22)21-10-8-20(9-11-21)16-14(18)6-3-7-19-16/h3,6-7,13,15H,2,4-5,8-12H2,1H3. The molecule has 2 atom stereocenters. The summed E-state index contributed by atoms with van der Waals surface area (Å²) < 4.78 is 19.6. The average Bonchev–Trinajstić information content (AvgIpc) is 2.61. The number of amides is 1. The molecule has 2 fully saturated rings. The number of carbonyl (C=O) groups excluding carboxylic acids is 1. The second kappa shape index (κ2) is 7.25. The van der Waals surface area contributed by atoms with E-state index in [1.807, 2.05) is 9.80 Å². The number of aromatic nitrogens is 1. The maximum atomic E-state index is 13.8. The van der Waals surface area contributed by atoms with E-state index in [0.717, 1.165) is 25.9 Å². The second-order valence-corrected chi connectivity index (χ2v) is 6.19. The Morgan fingerprint density at radius 1 is 1.39 bits per heavy atom. The van der Waals surface area contributed by atoms with Crippen LogP contribution >= 0.6 is 0 Å². The minimum Gasteiger partial charge on any atom is -0.377 e. The van der Waals surface area contributed by atoms with Gasteiger partial charge in [-0.05, 0) is 31.4 Å². The van der Waals surface area contributed by atoms with Gasteiger partial charge in [0.15, 0.2) is 11.6 Å². The highest BCUT2D eigenvalue weighted by Crippen LogP contribution is 2.26. The molecule has 2 saturated heterocycles. The fraction of sp³-hybridized carbons (Fsp3) is 0.647. The van der Waals surface area contributed by atoms with E-state index in [0.29, 0.717) is 32.0 Å². The van der Waals surface area contributed by atoms with Gasteiger partial charge in [0.1, 0.15) is 0 Å². The zero-order chi connectivity index (χ0) is 16.2. The van der Waals surface area contributed by atoms with Crippen LogP contribution in [0.15, 0.2) is 18.3 Å². The minimum absolute atomic E-state index is 0.0214. The number of hydrogen-bond acceptors (Lipinski definition) is 4. The monoisotopic (exact) mass is 321 g/mol. The Morgan fingerprint density at radius 3 is 2.87 bits per heavy atom. The molecule has 2 aliphatic heterocycles. The molecule has 0 aromatic carbocycles. The number of halogens is 1. The van der Waals surface area contributed by atoms with Crippen LogP contribution in [0.2, 0.25) is 0 Å². The van der Waals surface area contributed by atoms with Gasteiger partial charge in [0.05, 0.1) is 12.0 Å². The lowest BCUT2D eigenvalue weighted by atomic mass is 9.91. The maximum absolute atomic E-state index is 13.8. The highest BCUT2D eigenvalue weighted by Gasteiger charge is 2.35. The van der Waals surface area contributed by atoms with E-state index in [-0.39, 0.29) is 23.7 Å². The quantitative estimate of drug-likeness (QED) is 0.855. The number of nitrogens with zero attached hydrogens (tertiary/aromatic N) is 3. The van der Waals surface area contributed by atoms with Gasteiger partial charge < -0.3 is 14.5 Å². The number of rotatable bonds is 3. The highest BCUT2D eigenvalue weighted by atomic mass is 19.1. The lowest BCUT2D eigenvalue weighted by molar-refractivity contribution is -0.145. The Labute approximate surface area is 136 Å². The number of hydrogen-bond donors (Lipinski definition) is 0. The van der Waals surface area contributed by atoms with Crippen molar-refractivity contribution in [3.05, 3.63) is 24.1 Å². The van der Waals surface area contributed by atoms with Crippen LogP contribution in [0.1, 0.15) is 26.2 Å². The maximum Gasteiger partial charge on any atom is 0.228 e. The number of pyridine rings is 1. The Balaban J connectivity index is 1.60. The van der Waals surface area contributed by atoms with E-state index in [1.165, 1.54) is 6.07 Å². The number of piperazine rings is 1. The normalized spacial score (nSPS) is 25.5. The van der Waals surface area contributed by atoms with Crippen LogP contribution < -0.4 is 4.90 Å². The first-order valence-corrected chi connectivity index (χ1v) is 8.46. The van der Waals surface area contributed by atoms with E-state index < -0.39 is 0 Å².